The molecular formula is C15H12BrF2N. The minimum Gasteiger partial charge on any atom is -0.376 e. The highest BCUT2D eigenvalue weighted by atomic mass is 79.9. The molecule has 1 aliphatic rings. The Morgan fingerprint density at radius 3 is 2.74 bits per heavy atom. The highest BCUT2D eigenvalue weighted by Gasteiger charge is 2.23. The van der Waals surface area contributed by atoms with Gasteiger partial charge in [0.05, 0.1) is 11.7 Å². The van der Waals surface area contributed by atoms with Gasteiger partial charge in [-0.3, -0.25) is 0 Å². The van der Waals surface area contributed by atoms with Crippen LogP contribution in [0.5, 0.6) is 0 Å². The number of halogens is 3. The molecule has 0 aromatic heterocycles. The maximum Gasteiger partial charge on any atom is 0.147 e. The summed E-state index contributed by atoms with van der Waals surface area (Å²) in [6.07, 6.45) is 1.68. The predicted octanol–water partition coefficient (Wildman–Crippen LogP) is 4.83. The van der Waals surface area contributed by atoms with Crippen LogP contribution in [0.4, 0.5) is 14.5 Å². The van der Waals surface area contributed by atoms with Crippen molar-refractivity contribution in [3.05, 3.63) is 63.6 Å². The molecule has 0 radical (unpaired) electrons. The third-order valence-corrected chi connectivity index (χ3v) is 3.94. The lowest BCUT2D eigenvalue weighted by Crippen LogP contribution is -2.08. The monoisotopic (exact) mass is 323 g/mol. The minimum absolute atomic E-state index is 0.0475. The lowest BCUT2D eigenvalue weighted by Gasteiger charge is -2.16. The molecule has 98 valence electrons. The average molecular weight is 324 g/mol. The molecule has 0 fully saturated rings. The first kappa shape index (κ1) is 12.6. The van der Waals surface area contributed by atoms with Crippen molar-refractivity contribution >= 4 is 21.6 Å². The van der Waals surface area contributed by atoms with Gasteiger partial charge in [-0.05, 0) is 54.3 Å². The highest BCUT2D eigenvalue weighted by Crippen LogP contribution is 2.35. The first-order valence-corrected chi connectivity index (χ1v) is 6.93. The van der Waals surface area contributed by atoms with Crippen LogP contribution in [0, 0.1) is 11.6 Å². The summed E-state index contributed by atoms with van der Waals surface area (Å²) in [6, 6.07) is 9.79. The minimum atomic E-state index is -0.287. The van der Waals surface area contributed by atoms with Gasteiger partial charge >= 0.3 is 0 Å². The number of fused-ring (bicyclic) bond motifs is 1. The molecule has 0 bridgehead atoms. The summed E-state index contributed by atoms with van der Waals surface area (Å²) < 4.78 is 27.6. The lowest BCUT2D eigenvalue weighted by atomic mass is 10.1. The van der Waals surface area contributed by atoms with Crippen LogP contribution < -0.4 is 5.32 Å². The van der Waals surface area contributed by atoms with E-state index in [0.29, 0.717) is 10.2 Å². The van der Waals surface area contributed by atoms with Crippen LogP contribution in [0.1, 0.15) is 23.6 Å². The van der Waals surface area contributed by atoms with Crippen molar-refractivity contribution in [2.45, 2.75) is 18.9 Å². The SMILES string of the molecule is Fc1ccc2c(c1)CCC2Nc1ccc(Br)cc1F. The van der Waals surface area contributed by atoms with E-state index in [1.807, 2.05) is 0 Å². The Morgan fingerprint density at radius 1 is 1.11 bits per heavy atom. The van der Waals surface area contributed by atoms with Gasteiger partial charge in [-0.1, -0.05) is 22.0 Å². The summed E-state index contributed by atoms with van der Waals surface area (Å²) in [5, 5.41) is 3.19. The molecular weight excluding hydrogens is 312 g/mol. The van der Waals surface area contributed by atoms with Gasteiger partial charge in [0.15, 0.2) is 0 Å². The second kappa shape index (κ2) is 4.93. The van der Waals surface area contributed by atoms with Crippen molar-refractivity contribution in [1.82, 2.24) is 0 Å². The summed E-state index contributed by atoms with van der Waals surface area (Å²) in [4.78, 5) is 0. The molecule has 1 nitrogen and oxygen atoms in total. The first-order chi connectivity index (χ1) is 9.13. The number of hydrogen-bond acceptors (Lipinski definition) is 1. The molecule has 0 heterocycles. The molecule has 1 atom stereocenters. The summed E-state index contributed by atoms with van der Waals surface area (Å²) >= 11 is 3.23. The maximum atomic E-state index is 13.8. The zero-order valence-corrected chi connectivity index (χ0v) is 11.7. The van der Waals surface area contributed by atoms with Crippen molar-refractivity contribution < 1.29 is 8.78 Å². The van der Waals surface area contributed by atoms with Gasteiger partial charge in [-0.25, -0.2) is 8.78 Å². The Morgan fingerprint density at radius 2 is 1.95 bits per heavy atom. The van der Waals surface area contributed by atoms with Gasteiger partial charge in [0, 0.05) is 4.47 Å². The second-order valence-corrected chi connectivity index (χ2v) is 5.62. The number of nitrogens with one attached hydrogen (secondary N) is 1. The summed E-state index contributed by atoms with van der Waals surface area (Å²) in [5.74, 6) is -0.501. The quantitative estimate of drug-likeness (QED) is 0.834. The fourth-order valence-electron chi connectivity index (χ4n) is 2.53. The Bertz CT molecular complexity index is 628. The van der Waals surface area contributed by atoms with Crippen molar-refractivity contribution in [3.8, 4) is 0 Å². The van der Waals surface area contributed by atoms with Gasteiger partial charge in [0.25, 0.3) is 0 Å². The van der Waals surface area contributed by atoms with Gasteiger partial charge in [-0.15, -0.1) is 0 Å². The molecule has 0 spiro atoms. The Balaban J connectivity index is 1.86. The third-order valence-electron chi connectivity index (χ3n) is 3.44. The molecule has 0 saturated carbocycles. The van der Waals surface area contributed by atoms with E-state index in [9.17, 15) is 8.78 Å². The van der Waals surface area contributed by atoms with Crippen LogP contribution in [0.15, 0.2) is 40.9 Å². The smallest absolute Gasteiger partial charge is 0.147 e. The first-order valence-electron chi connectivity index (χ1n) is 6.13. The van der Waals surface area contributed by atoms with Crippen molar-refractivity contribution in [1.29, 1.82) is 0 Å². The molecule has 19 heavy (non-hydrogen) atoms. The molecule has 3 rings (SSSR count). The van der Waals surface area contributed by atoms with E-state index in [-0.39, 0.29) is 17.7 Å². The van der Waals surface area contributed by atoms with E-state index in [1.54, 1.807) is 24.3 Å². The molecule has 0 saturated heterocycles. The standard InChI is InChI=1S/C15H12BrF2N/c16-10-2-6-15(13(18)8-10)19-14-5-1-9-7-11(17)3-4-12(9)14/h2-4,6-8,14,19H,1,5H2. The van der Waals surface area contributed by atoms with E-state index in [2.05, 4.69) is 21.2 Å². The van der Waals surface area contributed by atoms with Crippen LogP contribution in [-0.4, -0.2) is 0 Å². The fraction of sp³-hybridized carbons (Fsp3) is 0.200. The van der Waals surface area contributed by atoms with Crippen molar-refractivity contribution in [2.75, 3.05) is 5.32 Å². The molecule has 2 aromatic rings. The zero-order valence-electron chi connectivity index (χ0n) is 10.1. The number of hydrogen-bond donors (Lipinski definition) is 1. The molecule has 0 amide bonds. The Labute approximate surface area is 118 Å². The van der Waals surface area contributed by atoms with Crippen LogP contribution in [0.3, 0.4) is 0 Å². The topological polar surface area (TPSA) is 12.0 Å². The Kier molecular flexibility index (Phi) is 3.27. The Hall–Kier alpha value is -1.42. The molecule has 1 N–H and O–H groups in total. The maximum absolute atomic E-state index is 13.8. The number of anilines is 1. The largest absolute Gasteiger partial charge is 0.376 e. The van der Waals surface area contributed by atoms with E-state index in [1.165, 1.54) is 12.1 Å². The molecule has 1 unspecified atom stereocenters. The predicted molar refractivity (Wildman–Crippen MR) is 75.2 cm³/mol. The second-order valence-electron chi connectivity index (χ2n) is 4.70. The van der Waals surface area contributed by atoms with E-state index < -0.39 is 0 Å². The van der Waals surface area contributed by atoms with Crippen LogP contribution in [0.25, 0.3) is 0 Å². The summed E-state index contributed by atoms with van der Waals surface area (Å²) in [7, 11) is 0. The number of aryl methyl sites for hydroxylation is 1. The van der Waals surface area contributed by atoms with E-state index >= 15 is 0 Å². The molecule has 1 aliphatic carbocycles. The van der Waals surface area contributed by atoms with Gasteiger partial charge in [0.1, 0.15) is 11.6 Å². The van der Waals surface area contributed by atoms with Gasteiger partial charge in [-0.2, -0.15) is 0 Å². The van der Waals surface area contributed by atoms with Gasteiger partial charge < -0.3 is 5.32 Å². The molecule has 2 aromatic carbocycles. The van der Waals surface area contributed by atoms with Crippen molar-refractivity contribution in [3.63, 3.8) is 0 Å². The van der Waals surface area contributed by atoms with Crippen LogP contribution in [-0.2, 0) is 6.42 Å². The van der Waals surface area contributed by atoms with Crippen LogP contribution >= 0.6 is 15.9 Å². The number of benzene rings is 2. The summed E-state index contributed by atoms with van der Waals surface area (Å²) in [6.45, 7) is 0. The highest BCUT2D eigenvalue weighted by molar-refractivity contribution is 9.10. The molecule has 4 heteroatoms. The fourth-order valence-corrected chi connectivity index (χ4v) is 2.86. The lowest BCUT2D eigenvalue weighted by molar-refractivity contribution is 0.623. The van der Waals surface area contributed by atoms with Crippen LogP contribution in [0.2, 0.25) is 0 Å². The zero-order chi connectivity index (χ0) is 13.4. The van der Waals surface area contributed by atoms with E-state index in [4.69, 9.17) is 0 Å². The third kappa shape index (κ3) is 2.50. The average Bonchev–Trinajstić information content (AvgIpc) is 2.75. The number of rotatable bonds is 2. The van der Waals surface area contributed by atoms with Gasteiger partial charge in [0.2, 0.25) is 0 Å². The normalized spacial score (nSPS) is 17.3. The summed E-state index contributed by atoms with van der Waals surface area (Å²) in [5.41, 5.74) is 2.55. The van der Waals surface area contributed by atoms with E-state index in [0.717, 1.165) is 24.0 Å². The molecule has 0 aliphatic heterocycles. The van der Waals surface area contributed by atoms with Crippen molar-refractivity contribution in [2.24, 2.45) is 0 Å².